The van der Waals surface area contributed by atoms with Crippen molar-refractivity contribution in [2.24, 2.45) is 0 Å². The molecule has 0 radical (unpaired) electrons. The minimum Gasteiger partial charge on any atom is -0.453 e. The van der Waals surface area contributed by atoms with Gasteiger partial charge in [-0.3, -0.25) is 10.1 Å². The van der Waals surface area contributed by atoms with Gasteiger partial charge in [0.25, 0.3) is 0 Å². The summed E-state index contributed by atoms with van der Waals surface area (Å²) < 4.78 is 61.9. The number of sulfonamides is 1. The maximum atomic E-state index is 13.9. The molecule has 2 amide bonds. The Bertz CT molecular complexity index is 1440. The van der Waals surface area contributed by atoms with E-state index in [1.54, 1.807) is 30.3 Å². The van der Waals surface area contributed by atoms with Crippen molar-refractivity contribution in [2.45, 2.75) is 43.1 Å². The van der Waals surface area contributed by atoms with Gasteiger partial charge < -0.3 is 9.47 Å². The van der Waals surface area contributed by atoms with Crippen LogP contribution in [0.4, 0.5) is 10.5 Å². The van der Waals surface area contributed by atoms with Crippen LogP contribution in [0.15, 0.2) is 36.4 Å². The fourth-order valence-corrected chi connectivity index (χ4v) is 9.33. The molecule has 1 unspecified atom stereocenters. The molecule has 2 aromatic rings. The summed E-state index contributed by atoms with van der Waals surface area (Å²) in [5.41, 5.74) is 3.56. The fraction of sp³-hybridized carbons (Fsp3) is 0.520. The van der Waals surface area contributed by atoms with E-state index in [1.807, 2.05) is 6.07 Å². The van der Waals surface area contributed by atoms with Crippen LogP contribution in [0.3, 0.4) is 0 Å². The number of methoxy groups -OCH3 is 1. The minimum absolute atomic E-state index is 0.0658. The van der Waals surface area contributed by atoms with Gasteiger partial charge in [-0.25, -0.2) is 36.3 Å². The molecular formula is C25H33N3O9S3. The van der Waals surface area contributed by atoms with Gasteiger partial charge in [-0.1, -0.05) is 12.1 Å². The second-order valence-electron chi connectivity index (χ2n) is 9.70. The van der Waals surface area contributed by atoms with Gasteiger partial charge in [-0.2, -0.15) is 0 Å². The van der Waals surface area contributed by atoms with Gasteiger partial charge in [0.05, 0.1) is 25.5 Å². The van der Waals surface area contributed by atoms with E-state index < -0.39 is 55.1 Å². The molecule has 0 spiro atoms. The predicted molar refractivity (Wildman–Crippen MR) is 150 cm³/mol. The molecule has 0 saturated carbocycles. The van der Waals surface area contributed by atoms with Crippen LogP contribution < -0.4 is 10.8 Å². The number of nitrogens with zero attached hydrogens (tertiary/aromatic N) is 1. The number of nitrogens with one attached hydrogen (secondary N) is 2. The van der Waals surface area contributed by atoms with Crippen LogP contribution in [-0.4, -0.2) is 78.2 Å². The minimum atomic E-state index is -4.02. The number of ether oxygens (including phenoxy) is 2. The summed E-state index contributed by atoms with van der Waals surface area (Å²) in [7, 11) is -6.42. The number of rotatable bonds is 8. The molecule has 3 heterocycles. The third-order valence-corrected chi connectivity index (χ3v) is 12.2. The largest absolute Gasteiger partial charge is 0.453 e. The Labute approximate surface area is 237 Å². The molecule has 2 aliphatic heterocycles. The van der Waals surface area contributed by atoms with Crippen LogP contribution >= 0.6 is 11.3 Å². The Kier molecular flexibility index (Phi) is 9.52. The van der Waals surface area contributed by atoms with Crippen molar-refractivity contribution in [2.75, 3.05) is 44.1 Å². The summed E-state index contributed by atoms with van der Waals surface area (Å²) in [6.07, 6.45) is 1.61. The predicted octanol–water partition coefficient (Wildman–Crippen LogP) is 2.83. The van der Waals surface area contributed by atoms with Gasteiger partial charge >= 0.3 is 6.09 Å². The molecule has 15 heteroatoms. The first-order chi connectivity index (χ1) is 18.9. The van der Waals surface area contributed by atoms with Gasteiger partial charge in [0.15, 0.2) is 16.1 Å². The number of benzene rings is 1. The van der Waals surface area contributed by atoms with E-state index >= 15 is 0 Å². The van der Waals surface area contributed by atoms with Crippen molar-refractivity contribution in [1.29, 1.82) is 0 Å². The Morgan fingerprint density at radius 1 is 1.20 bits per heavy atom. The lowest BCUT2D eigenvalue weighted by Crippen LogP contribution is -2.43. The molecule has 2 aliphatic rings. The summed E-state index contributed by atoms with van der Waals surface area (Å²) in [6.45, 7) is 0.245. The van der Waals surface area contributed by atoms with E-state index in [4.69, 9.17) is 9.57 Å². The number of sulfone groups is 1. The van der Waals surface area contributed by atoms with E-state index in [-0.39, 0.29) is 19.5 Å². The van der Waals surface area contributed by atoms with Crippen molar-refractivity contribution in [3.63, 3.8) is 0 Å². The van der Waals surface area contributed by atoms with E-state index in [2.05, 4.69) is 15.5 Å². The Hall–Kier alpha value is -2.56. The van der Waals surface area contributed by atoms with Gasteiger partial charge in [-0.15, -0.1) is 11.3 Å². The number of hydrogen-bond acceptors (Lipinski definition) is 10. The van der Waals surface area contributed by atoms with Crippen molar-refractivity contribution < 1.29 is 40.7 Å². The standard InChI is InChI=1S/C25H33N3O9S3/c1-35-24(30)26-19-7-5-6-18(16-19)20-9-10-21(38-20)25(17-22(29)27-37-23-8-3-4-14-36-23)11-12-28(39(2,31)32)13-15-40(25,33)34/h5-7,9-10,16,23H,3-4,8,11-15,17H2,1-2H3,(H,26,30)(H,27,29)/t23?,25-/m0/s1. The molecule has 2 N–H and O–H groups in total. The summed E-state index contributed by atoms with van der Waals surface area (Å²) in [6, 6.07) is 10.4. The number of carbonyl (C=O) groups excluding carboxylic acids is 2. The first kappa shape index (κ1) is 30.4. The van der Waals surface area contributed by atoms with Crippen LogP contribution in [0.2, 0.25) is 0 Å². The average molecular weight is 616 g/mol. The lowest BCUT2D eigenvalue weighted by Gasteiger charge is -2.31. The highest BCUT2D eigenvalue weighted by atomic mass is 32.2. The molecule has 220 valence electrons. The molecule has 0 aliphatic carbocycles. The normalized spacial score (nSPS) is 23.6. The van der Waals surface area contributed by atoms with Crippen LogP contribution in [0.25, 0.3) is 10.4 Å². The third-order valence-electron chi connectivity index (χ3n) is 6.96. The highest BCUT2D eigenvalue weighted by Crippen LogP contribution is 2.45. The van der Waals surface area contributed by atoms with Crippen molar-refractivity contribution in [1.82, 2.24) is 9.79 Å². The SMILES string of the molecule is COC(=O)Nc1cccc(-c2ccc([C@@]3(CC(=O)NOC4CCCCO4)CCN(S(C)(=O)=O)CCS3(=O)=O)s2)c1. The number of hydrogen-bond donors (Lipinski definition) is 2. The number of carbonyl (C=O) groups is 2. The first-order valence-corrected chi connectivity index (χ1v) is 17.0. The first-order valence-electron chi connectivity index (χ1n) is 12.7. The third kappa shape index (κ3) is 7.01. The summed E-state index contributed by atoms with van der Waals surface area (Å²) in [5.74, 6) is -1.09. The highest BCUT2D eigenvalue weighted by molar-refractivity contribution is 7.92. The average Bonchev–Trinajstić information content (AvgIpc) is 3.37. The number of hydroxylamine groups is 1. The topological polar surface area (TPSA) is 157 Å². The highest BCUT2D eigenvalue weighted by Gasteiger charge is 2.50. The van der Waals surface area contributed by atoms with Crippen LogP contribution in [-0.2, 0) is 43.7 Å². The van der Waals surface area contributed by atoms with Gasteiger partial charge in [0.1, 0.15) is 4.75 Å². The van der Waals surface area contributed by atoms with Gasteiger partial charge in [-0.05, 0) is 49.1 Å². The lowest BCUT2D eigenvalue weighted by molar-refractivity contribution is -0.200. The number of amides is 2. The Balaban J connectivity index is 1.67. The van der Waals surface area contributed by atoms with Crippen LogP contribution in [0, 0.1) is 0 Å². The molecule has 4 rings (SSSR count). The maximum Gasteiger partial charge on any atom is 0.411 e. The zero-order chi connectivity index (χ0) is 29.0. The second-order valence-corrected chi connectivity index (χ2v) is 15.2. The molecule has 1 aromatic heterocycles. The molecule has 40 heavy (non-hydrogen) atoms. The van der Waals surface area contributed by atoms with Crippen molar-refractivity contribution in [3.8, 4) is 10.4 Å². The van der Waals surface area contributed by atoms with Gasteiger partial charge in [0, 0.05) is 41.6 Å². The summed E-state index contributed by atoms with van der Waals surface area (Å²) >= 11 is 1.20. The summed E-state index contributed by atoms with van der Waals surface area (Å²) in [4.78, 5) is 31.3. The molecule has 12 nitrogen and oxygen atoms in total. The van der Waals surface area contributed by atoms with Gasteiger partial charge in [0.2, 0.25) is 15.9 Å². The zero-order valence-electron chi connectivity index (χ0n) is 22.3. The number of thiophene rings is 1. The molecular weight excluding hydrogens is 582 g/mol. The van der Waals surface area contributed by atoms with Crippen molar-refractivity contribution >= 4 is 48.9 Å². The van der Waals surface area contributed by atoms with Crippen LogP contribution in [0.1, 0.15) is 37.0 Å². The van der Waals surface area contributed by atoms with E-state index in [1.165, 1.54) is 18.4 Å². The fourth-order valence-electron chi connectivity index (χ4n) is 4.77. The van der Waals surface area contributed by atoms with Crippen molar-refractivity contribution in [3.05, 3.63) is 41.3 Å². The van der Waals surface area contributed by atoms with E-state index in [0.717, 1.165) is 23.4 Å². The molecule has 1 aromatic carbocycles. The van der Waals surface area contributed by atoms with E-state index in [0.29, 0.717) is 34.0 Å². The maximum absolute atomic E-state index is 13.9. The number of anilines is 1. The Morgan fingerprint density at radius 3 is 2.70 bits per heavy atom. The monoisotopic (exact) mass is 615 g/mol. The van der Waals surface area contributed by atoms with Crippen LogP contribution in [0.5, 0.6) is 0 Å². The quantitative estimate of drug-likeness (QED) is 0.426. The molecule has 0 bridgehead atoms. The Morgan fingerprint density at radius 2 is 2.00 bits per heavy atom. The molecule has 2 saturated heterocycles. The zero-order valence-corrected chi connectivity index (χ0v) is 24.7. The smallest absolute Gasteiger partial charge is 0.411 e. The lowest BCUT2D eigenvalue weighted by atomic mass is 9.97. The van der Waals surface area contributed by atoms with E-state index in [9.17, 15) is 26.4 Å². The second kappa shape index (κ2) is 12.5. The summed E-state index contributed by atoms with van der Waals surface area (Å²) in [5, 5.41) is 2.59. The molecule has 2 fully saturated rings. The molecule has 2 atom stereocenters.